The zero-order valence-corrected chi connectivity index (χ0v) is 21.2. The van der Waals surface area contributed by atoms with Crippen LogP contribution >= 0.6 is 0 Å². The Morgan fingerprint density at radius 1 is 0.633 bits per heavy atom. The minimum atomic E-state index is 1.13. The molecule has 0 aromatic carbocycles. The minimum Gasteiger partial charge on any atom is -0.263 e. The van der Waals surface area contributed by atoms with Crippen LogP contribution in [0.4, 0.5) is 0 Å². The van der Waals surface area contributed by atoms with Gasteiger partial charge in [0.1, 0.15) is 13.1 Å². The van der Waals surface area contributed by atoms with Gasteiger partial charge < -0.3 is 0 Å². The van der Waals surface area contributed by atoms with Crippen molar-refractivity contribution in [1.29, 1.82) is 0 Å². The molecule has 0 aromatic rings. The molecule has 0 radical (unpaired) electrons. The predicted octanol–water partition coefficient (Wildman–Crippen LogP) is 7.69. The monoisotopic (exact) mass is 422 g/mol. The molecule has 0 aliphatic carbocycles. The molecule has 0 spiro atoms. The van der Waals surface area contributed by atoms with Gasteiger partial charge in [0.15, 0.2) is 0 Å². The molecule has 0 unspecified atom stereocenters. The Bertz CT molecular complexity index is 405. The van der Waals surface area contributed by atoms with Crippen molar-refractivity contribution in [2.75, 3.05) is 26.7 Å². The highest BCUT2D eigenvalue weighted by molar-refractivity contribution is 5.77. The normalized spacial score (nSPS) is 14.3. The zero-order valence-electron chi connectivity index (χ0n) is 21.2. The highest BCUT2D eigenvalue weighted by Gasteiger charge is 2.27. The molecule has 3 nitrogen and oxygen atoms in total. The SMILES string of the molecule is CCCCCCCCCCCCCCCCCCC1=[N+](C)CCN1NCCCCC. The van der Waals surface area contributed by atoms with Gasteiger partial charge in [0.2, 0.25) is 0 Å². The molecule has 1 heterocycles. The lowest BCUT2D eigenvalue weighted by molar-refractivity contribution is -0.487. The third-order valence-electron chi connectivity index (χ3n) is 6.75. The van der Waals surface area contributed by atoms with Gasteiger partial charge in [-0.05, 0) is 12.8 Å². The van der Waals surface area contributed by atoms with E-state index in [1.807, 2.05) is 0 Å². The molecule has 0 saturated heterocycles. The van der Waals surface area contributed by atoms with E-state index in [0.29, 0.717) is 0 Å². The maximum atomic E-state index is 3.66. The fourth-order valence-electron chi connectivity index (χ4n) is 4.63. The van der Waals surface area contributed by atoms with Crippen LogP contribution in [0.15, 0.2) is 0 Å². The van der Waals surface area contributed by atoms with Crippen LogP contribution in [0.5, 0.6) is 0 Å². The van der Waals surface area contributed by atoms with Gasteiger partial charge >= 0.3 is 0 Å². The van der Waals surface area contributed by atoms with Crippen molar-refractivity contribution in [3.8, 4) is 0 Å². The molecule has 0 atom stereocenters. The standard InChI is InChI=1S/C27H56N3/c1-4-6-8-9-10-11-12-13-14-15-16-17-18-19-20-21-23-27-29(3)25-26-30(27)28-24-22-7-5-2/h28H,4-26H2,1-3H3/q+1. The largest absolute Gasteiger partial charge is 0.265 e. The van der Waals surface area contributed by atoms with Gasteiger partial charge in [0.05, 0.1) is 13.5 Å². The number of unbranched alkanes of at least 4 members (excludes halogenated alkanes) is 17. The van der Waals surface area contributed by atoms with Gasteiger partial charge in [-0.15, -0.1) is 0 Å². The van der Waals surface area contributed by atoms with Crippen LogP contribution in [0.3, 0.4) is 0 Å². The first-order valence-electron chi connectivity index (χ1n) is 13.9. The highest BCUT2D eigenvalue weighted by Crippen LogP contribution is 2.14. The Labute approximate surface area is 190 Å². The number of amidine groups is 1. The molecule has 178 valence electrons. The van der Waals surface area contributed by atoms with Crippen molar-refractivity contribution >= 4 is 5.84 Å². The quantitative estimate of drug-likeness (QED) is 0.142. The topological polar surface area (TPSA) is 18.3 Å². The number of hydrogen-bond acceptors (Lipinski definition) is 2. The molecule has 0 amide bonds. The number of nitrogens with one attached hydrogen (secondary N) is 1. The molecule has 1 rings (SSSR count). The van der Waals surface area contributed by atoms with Gasteiger partial charge in [-0.1, -0.05) is 123 Å². The smallest absolute Gasteiger partial charge is 0.263 e. The molecule has 30 heavy (non-hydrogen) atoms. The van der Waals surface area contributed by atoms with Crippen LogP contribution in [-0.2, 0) is 0 Å². The second-order valence-electron chi connectivity index (χ2n) is 9.66. The van der Waals surface area contributed by atoms with E-state index in [1.54, 1.807) is 0 Å². The maximum Gasteiger partial charge on any atom is 0.265 e. The lowest BCUT2D eigenvalue weighted by Crippen LogP contribution is -2.41. The fraction of sp³-hybridized carbons (Fsp3) is 0.963. The number of likely N-dealkylation sites (N-methyl/N-ethyl adjacent to an activating group) is 1. The molecule has 0 aromatic heterocycles. The van der Waals surface area contributed by atoms with Crippen LogP contribution in [0.2, 0.25) is 0 Å². The maximum absolute atomic E-state index is 3.66. The van der Waals surface area contributed by atoms with Crippen LogP contribution in [0.25, 0.3) is 0 Å². The van der Waals surface area contributed by atoms with Crippen molar-refractivity contribution in [3.05, 3.63) is 0 Å². The summed E-state index contributed by atoms with van der Waals surface area (Å²) in [6, 6.07) is 0. The third kappa shape index (κ3) is 14.4. The first-order valence-corrected chi connectivity index (χ1v) is 13.9. The molecular weight excluding hydrogens is 366 g/mol. The Morgan fingerprint density at radius 3 is 1.57 bits per heavy atom. The minimum absolute atomic E-state index is 1.13. The van der Waals surface area contributed by atoms with E-state index in [2.05, 4.69) is 35.9 Å². The van der Waals surface area contributed by atoms with Crippen molar-refractivity contribution in [3.63, 3.8) is 0 Å². The second-order valence-corrected chi connectivity index (χ2v) is 9.66. The first kappa shape index (κ1) is 27.5. The fourth-order valence-corrected chi connectivity index (χ4v) is 4.63. The van der Waals surface area contributed by atoms with Crippen LogP contribution < -0.4 is 5.43 Å². The summed E-state index contributed by atoms with van der Waals surface area (Å²) < 4.78 is 2.46. The number of nitrogens with zero attached hydrogens (tertiary/aromatic N) is 2. The second kappa shape index (κ2) is 20.3. The number of rotatable bonds is 22. The van der Waals surface area contributed by atoms with E-state index < -0.39 is 0 Å². The molecule has 1 aliphatic heterocycles. The van der Waals surface area contributed by atoms with E-state index >= 15 is 0 Å². The summed E-state index contributed by atoms with van der Waals surface area (Å²) in [5, 5.41) is 2.43. The van der Waals surface area contributed by atoms with Crippen LogP contribution in [-0.4, -0.2) is 42.1 Å². The molecule has 0 fully saturated rings. The summed E-state index contributed by atoms with van der Waals surface area (Å²) in [5.41, 5.74) is 3.66. The average Bonchev–Trinajstić information content (AvgIpc) is 3.10. The Morgan fingerprint density at radius 2 is 1.07 bits per heavy atom. The summed E-state index contributed by atoms with van der Waals surface area (Å²) in [7, 11) is 2.26. The van der Waals surface area contributed by atoms with Crippen molar-refractivity contribution in [1.82, 2.24) is 10.4 Å². The van der Waals surface area contributed by atoms with Gasteiger partial charge in [-0.25, -0.2) is 0 Å². The zero-order chi connectivity index (χ0) is 21.7. The molecule has 0 saturated carbocycles. The van der Waals surface area contributed by atoms with E-state index in [9.17, 15) is 0 Å². The summed E-state index contributed by atoms with van der Waals surface area (Å²) in [6.45, 7) is 8.03. The van der Waals surface area contributed by atoms with Crippen molar-refractivity contribution in [2.24, 2.45) is 0 Å². The summed E-state index contributed by atoms with van der Waals surface area (Å²) in [5.74, 6) is 1.52. The molecule has 1 aliphatic rings. The van der Waals surface area contributed by atoms with E-state index in [0.717, 1.165) is 13.1 Å². The van der Waals surface area contributed by atoms with E-state index in [1.165, 1.54) is 141 Å². The lowest BCUT2D eigenvalue weighted by atomic mass is 10.0. The summed E-state index contributed by atoms with van der Waals surface area (Å²) in [6.07, 6.45) is 28.3. The summed E-state index contributed by atoms with van der Waals surface area (Å²) >= 11 is 0. The van der Waals surface area contributed by atoms with Crippen LogP contribution in [0, 0.1) is 0 Å². The van der Waals surface area contributed by atoms with Crippen molar-refractivity contribution < 1.29 is 4.58 Å². The average molecular weight is 423 g/mol. The Hall–Kier alpha value is -0.570. The Kier molecular flexibility index (Phi) is 18.6. The molecular formula is C27H56N3+. The van der Waals surface area contributed by atoms with Gasteiger partial charge in [-0.2, -0.15) is 10.4 Å². The van der Waals surface area contributed by atoms with Crippen LogP contribution in [0.1, 0.15) is 142 Å². The van der Waals surface area contributed by atoms with Gasteiger partial charge in [0, 0.05) is 6.54 Å². The Balaban J connectivity index is 1.87. The number of hydrazine groups is 1. The lowest BCUT2D eigenvalue weighted by Gasteiger charge is -2.14. The molecule has 3 heteroatoms. The van der Waals surface area contributed by atoms with E-state index in [-0.39, 0.29) is 0 Å². The first-order chi connectivity index (χ1) is 14.8. The van der Waals surface area contributed by atoms with E-state index in [4.69, 9.17) is 0 Å². The summed E-state index contributed by atoms with van der Waals surface area (Å²) in [4.78, 5) is 0. The molecule has 0 bridgehead atoms. The highest BCUT2D eigenvalue weighted by atomic mass is 15.6. The predicted molar refractivity (Wildman–Crippen MR) is 134 cm³/mol. The molecule has 1 N–H and O–H groups in total. The van der Waals surface area contributed by atoms with Gasteiger partial charge in [-0.3, -0.25) is 4.58 Å². The third-order valence-corrected chi connectivity index (χ3v) is 6.75. The van der Waals surface area contributed by atoms with Crippen molar-refractivity contribution in [2.45, 2.75) is 142 Å². The van der Waals surface area contributed by atoms with Gasteiger partial charge in [0.25, 0.3) is 5.84 Å². The number of hydrogen-bond donors (Lipinski definition) is 1.